The zero-order valence-corrected chi connectivity index (χ0v) is 8.55. The number of carbonyl (C=O) groups excluding carboxylic acids is 1. The van der Waals surface area contributed by atoms with Crippen molar-refractivity contribution in [2.45, 2.75) is 52.6 Å². The third-order valence-corrected chi connectivity index (χ3v) is 2.41. The van der Waals surface area contributed by atoms with Crippen molar-refractivity contribution in [3.8, 4) is 0 Å². The Labute approximate surface area is 75.0 Å². The summed E-state index contributed by atoms with van der Waals surface area (Å²) in [5, 5.41) is 9.92. The zero-order chi connectivity index (χ0) is 9.78. The summed E-state index contributed by atoms with van der Waals surface area (Å²) in [5.74, 6) is -0.103. The van der Waals surface area contributed by atoms with Crippen molar-refractivity contribution in [2.75, 3.05) is 0 Å². The SMILES string of the molecule is CCCC(C)(O)C(CC)C(C)=O. The number of carbonyl (C=O) groups is 1. The minimum absolute atomic E-state index is 0.0935. The molecule has 0 bridgehead atoms. The van der Waals surface area contributed by atoms with Gasteiger partial charge in [0, 0.05) is 5.92 Å². The molecule has 2 heteroatoms. The number of ketones is 1. The summed E-state index contributed by atoms with van der Waals surface area (Å²) in [4.78, 5) is 11.1. The molecule has 2 unspecified atom stereocenters. The minimum Gasteiger partial charge on any atom is -0.389 e. The summed E-state index contributed by atoms with van der Waals surface area (Å²) in [6.07, 6.45) is 2.34. The molecule has 2 atom stereocenters. The standard InChI is InChI=1S/C10H20O2/c1-5-7-10(4,12)9(6-2)8(3)11/h9,12H,5-7H2,1-4H3. The smallest absolute Gasteiger partial charge is 0.135 e. The van der Waals surface area contributed by atoms with E-state index in [-0.39, 0.29) is 11.7 Å². The maximum atomic E-state index is 11.1. The van der Waals surface area contributed by atoms with Gasteiger partial charge in [-0.3, -0.25) is 4.79 Å². The molecule has 0 aromatic carbocycles. The fourth-order valence-corrected chi connectivity index (χ4v) is 1.85. The Bertz CT molecular complexity index is 150. The summed E-state index contributed by atoms with van der Waals surface area (Å²) < 4.78 is 0. The van der Waals surface area contributed by atoms with Gasteiger partial charge in [0.1, 0.15) is 5.78 Å². The lowest BCUT2D eigenvalue weighted by Gasteiger charge is -2.30. The van der Waals surface area contributed by atoms with Crippen LogP contribution in [-0.2, 0) is 4.79 Å². The third-order valence-electron chi connectivity index (χ3n) is 2.41. The Morgan fingerprint density at radius 2 is 2.00 bits per heavy atom. The van der Waals surface area contributed by atoms with Gasteiger partial charge in [-0.15, -0.1) is 0 Å². The topological polar surface area (TPSA) is 37.3 Å². The van der Waals surface area contributed by atoms with Gasteiger partial charge in [0.25, 0.3) is 0 Å². The molecule has 0 radical (unpaired) electrons. The van der Waals surface area contributed by atoms with Crippen LogP contribution in [0, 0.1) is 5.92 Å². The molecule has 0 aliphatic heterocycles. The second-order valence-corrected chi connectivity index (χ2v) is 3.68. The van der Waals surface area contributed by atoms with E-state index in [1.54, 1.807) is 13.8 Å². The van der Waals surface area contributed by atoms with E-state index >= 15 is 0 Å². The molecule has 0 aliphatic carbocycles. The van der Waals surface area contributed by atoms with Gasteiger partial charge in [-0.2, -0.15) is 0 Å². The van der Waals surface area contributed by atoms with E-state index in [1.165, 1.54) is 0 Å². The average molecular weight is 172 g/mol. The monoisotopic (exact) mass is 172 g/mol. The van der Waals surface area contributed by atoms with E-state index in [1.807, 2.05) is 13.8 Å². The van der Waals surface area contributed by atoms with E-state index in [2.05, 4.69) is 0 Å². The second-order valence-electron chi connectivity index (χ2n) is 3.68. The highest BCUT2D eigenvalue weighted by atomic mass is 16.3. The van der Waals surface area contributed by atoms with Gasteiger partial charge >= 0.3 is 0 Å². The van der Waals surface area contributed by atoms with Crippen molar-refractivity contribution in [3.05, 3.63) is 0 Å². The van der Waals surface area contributed by atoms with Crippen molar-refractivity contribution in [3.63, 3.8) is 0 Å². The maximum Gasteiger partial charge on any atom is 0.135 e. The third kappa shape index (κ3) is 2.94. The lowest BCUT2D eigenvalue weighted by molar-refractivity contribution is -0.129. The molecular formula is C10H20O2. The normalized spacial score (nSPS) is 18.4. The average Bonchev–Trinajstić information content (AvgIpc) is 1.86. The zero-order valence-electron chi connectivity index (χ0n) is 8.55. The van der Waals surface area contributed by atoms with Crippen molar-refractivity contribution in [2.24, 2.45) is 5.92 Å². The first-order valence-electron chi connectivity index (χ1n) is 4.68. The molecule has 0 heterocycles. The molecule has 2 nitrogen and oxygen atoms in total. The predicted octanol–water partition coefficient (Wildman–Crippen LogP) is 2.15. The Hall–Kier alpha value is -0.370. The molecule has 72 valence electrons. The van der Waals surface area contributed by atoms with Crippen molar-refractivity contribution in [1.82, 2.24) is 0 Å². The molecule has 0 saturated heterocycles. The predicted molar refractivity (Wildman–Crippen MR) is 50.0 cm³/mol. The maximum absolute atomic E-state index is 11.1. The van der Waals surface area contributed by atoms with E-state index in [9.17, 15) is 9.90 Å². The Morgan fingerprint density at radius 3 is 2.25 bits per heavy atom. The van der Waals surface area contributed by atoms with Crippen LogP contribution in [0.4, 0.5) is 0 Å². The highest BCUT2D eigenvalue weighted by Crippen LogP contribution is 2.26. The molecule has 0 aromatic rings. The lowest BCUT2D eigenvalue weighted by Crippen LogP contribution is -2.38. The number of Topliss-reactive ketones (excluding diaryl/α,β-unsaturated/α-hetero) is 1. The van der Waals surface area contributed by atoms with E-state index in [4.69, 9.17) is 0 Å². The van der Waals surface area contributed by atoms with Crippen LogP contribution in [0.2, 0.25) is 0 Å². The van der Waals surface area contributed by atoms with Crippen molar-refractivity contribution >= 4 is 5.78 Å². The van der Waals surface area contributed by atoms with Crippen LogP contribution in [0.25, 0.3) is 0 Å². The highest BCUT2D eigenvalue weighted by molar-refractivity contribution is 5.79. The van der Waals surface area contributed by atoms with Gasteiger partial charge in [-0.25, -0.2) is 0 Å². The van der Waals surface area contributed by atoms with Crippen LogP contribution >= 0.6 is 0 Å². The van der Waals surface area contributed by atoms with Crippen LogP contribution in [0.15, 0.2) is 0 Å². The van der Waals surface area contributed by atoms with Gasteiger partial charge in [0.15, 0.2) is 0 Å². The van der Waals surface area contributed by atoms with Gasteiger partial charge in [0.05, 0.1) is 5.60 Å². The summed E-state index contributed by atoms with van der Waals surface area (Å²) in [6, 6.07) is 0. The fourth-order valence-electron chi connectivity index (χ4n) is 1.85. The molecule has 1 N–H and O–H groups in total. The first kappa shape index (κ1) is 11.6. The van der Waals surface area contributed by atoms with E-state index in [0.717, 1.165) is 12.8 Å². The molecule has 0 aromatic heterocycles. The first-order chi connectivity index (χ1) is 5.45. The molecule has 12 heavy (non-hydrogen) atoms. The van der Waals surface area contributed by atoms with Crippen LogP contribution in [0.3, 0.4) is 0 Å². The summed E-state index contributed by atoms with van der Waals surface area (Å²) in [6.45, 7) is 7.27. The molecule has 0 saturated carbocycles. The number of hydrogen-bond acceptors (Lipinski definition) is 2. The summed E-state index contributed by atoms with van der Waals surface area (Å²) in [5.41, 5.74) is -0.810. The molecule has 0 fully saturated rings. The van der Waals surface area contributed by atoms with Gasteiger partial charge in [0.2, 0.25) is 0 Å². The second kappa shape index (κ2) is 4.61. The van der Waals surface area contributed by atoms with Crippen LogP contribution in [0.5, 0.6) is 0 Å². The summed E-state index contributed by atoms with van der Waals surface area (Å²) >= 11 is 0. The summed E-state index contributed by atoms with van der Waals surface area (Å²) in [7, 11) is 0. The van der Waals surface area contributed by atoms with E-state index < -0.39 is 5.60 Å². The number of hydrogen-bond donors (Lipinski definition) is 1. The number of aliphatic hydroxyl groups is 1. The Kier molecular flexibility index (Phi) is 4.46. The largest absolute Gasteiger partial charge is 0.389 e. The molecule has 0 spiro atoms. The minimum atomic E-state index is -0.810. The lowest BCUT2D eigenvalue weighted by atomic mass is 9.81. The van der Waals surface area contributed by atoms with Gasteiger partial charge in [-0.05, 0) is 26.7 Å². The van der Waals surface area contributed by atoms with Crippen LogP contribution in [0.1, 0.15) is 47.0 Å². The molecule has 0 rings (SSSR count). The molecular weight excluding hydrogens is 152 g/mol. The van der Waals surface area contributed by atoms with Crippen LogP contribution in [-0.4, -0.2) is 16.5 Å². The van der Waals surface area contributed by atoms with E-state index in [0.29, 0.717) is 6.42 Å². The Balaban J connectivity index is 4.36. The fraction of sp³-hybridized carbons (Fsp3) is 0.900. The van der Waals surface area contributed by atoms with Crippen molar-refractivity contribution < 1.29 is 9.90 Å². The van der Waals surface area contributed by atoms with Gasteiger partial charge in [-0.1, -0.05) is 20.3 Å². The molecule has 0 amide bonds. The highest BCUT2D eigenvalue weighted by Gasteiger charge is 2.32. The van der Waals surface area contributed by atoms with Crippen molar-refractivity contribution in [1.29, 1.82) is 0 Å². The molecule has 0 aliphatic rings. The van der Waals surface area contributed by atoms with Gasteiger partial charge < -0.3 is 5.11 Å². The Morgan fingerprint density at radius 1 is 1.50 bits per heavy atom. The number of rotatable bonds is 5. The quantitative estimate of drug-likeness (QED) is 0.690. The van der Waals surface area contributed by atoms with Crippen LogP contribution < -0.4 is 0 Å². The first-order valence-corrected chi connectivity index (χ1v) is 4.68.